The van der Waals surface area contributed by atoms with Crippen LogP contribution in [0.15, 0.2) is 59.4 Å². The van der Waals surface area contributed by atoms with Gasteiger partial charge < -0.3 is 9.26 Å². The van der Waals surface area contributed by atoms with Gasteiger partial charge in [0.05, 0.1) is 10.9 Å². The molecule has 0 aliphatic heterocycles. The second-order valence-electron chi connectivity index (χ2n) is 5.84. The van der Waals surface area contributed by atoms with Gasteiger partial charge in [-0.2, -0.15) is 13.2 Å². The van der Waals surface area contributed by atoms with Gasteiger partial charge in [0.25, 0.3) is 5.88 Å². The average molecular weight is 389 g/mol. The molecule has 0 saturated carbocycles. The Hall–Kier alpha value is -3.49. The number of hydrogen-bond donors (Lipinski definition) is 0. The molecule has 142 valence electrons. The van der Waals surface area contributed by atoms with Gasteiger partial charge in [-0.25, -0.2) is 14.4 Å². The molecule has 2 heterocycles. The number of aromatic nitrogens is 3. The summed E-state index contributed by atoms with van der Waals surface area (Å²) in [6.45, 7) is 0.0430. The van der Waals surface area contributed by atoms with E-state index in [1.807, 2.05) is 0 Å². The van der Waals surface area contributed by atoms with Crippen LogP contribution in [0.1, 0.15) is 11.4 Å². The minimum absolute atomic E-state index is 0.0217. The summed E-state index contributed by atoms with van der Waals surface area (Å²) in [7, 11) is 0. The number of rotatable bonds is 4. The largest absolute Gasteiger partial charge is 0.467 e. The molecule has 0 unspecified atom stereocenters. The van der Waals surface area contributed by atoms with Gasteiger partial charge in [0.2, 0.25) is 0 Å². The van der Waals surface area contributed by atoms with Crippen molar-refractivity contribution in [1.82, 2.24) is 15.1 Å². The molecular weight excluding hydrogens is 378 g/mol. The summed E-state index contributed by atoms with van der Waals surface area (Å²) < 4.78 is 63.2. The molecule has 4 aromatic rings. The Morgan fingerprint density at radius 3 is 2.50 bits per heavy atom. The van der Waals surface area contributed by atoms with Crippen LogP contribution in [0, 0.1) is 5.82 Å². The molecule has 0 bridgehead atoms. The lowest BCUT2D eigenvalue weighted by Gasteiger charge is -2.09. The topological polar surface area (TPSA) is 61.0 Å². The van der Waals surface area contributed by atoms with Crippen molar-refractivity contribution < 1.29 is 26.8 Å². The number of halogens is 4. The Labute approximate surface area is 155 Å². The first-order valence-electron chi connectivity index (χ1n) is 8.07. The van der Waals surface area contributed by atoms with E-state index in [9.17, 15) is 17.6 Å². The van der Waals surface area contributed by atoms with Gasteiger partial charge in [-0.1, -0.05) is 12.1 Å². The molecule has 9 heteroatoms. The highest BCUT2D eigenvalue weighted by atomic mass is 19.4. The van der Waals surface area contributed by atoms with Crippen molar-refractivity contribution in [3.8, 4) is 17.0 Å². The second-order valence-corrected chi connectivity index (χ2v) is 5.84. The summed E-state index contributed by atoms with van der Waals surface area (Å²) in [5.41, 5.74) is -0.275. The highest BCUT2D eigenvalue weighted by molar-refractivity contribution is 5.87. The summed E-state index contributed by atoms with van der Waals surface area (Å²) in [6.07, 6.45) is -1.48. The van der Waals surface area contributed by atoms with E-state index in [0.717, 1.165) is 12.1 Å². The maximum absolute atomic E-state index is 14.3. The molecule has 2 aromatic heterocycles. The number of alkyl halides is 3. The molecule has 0 amide bonds. The lowest BCUT2D eigenvalue weighted by Crippen LogP contribution is -2.05. The standard InChI is InChI=1S/C19H11F4N3O2/c20-15-9-12(19(21,22)23)3-4-13(15)11-2-5-16-14(8-11)18(26-28-16)27-10-17-24-6-1-7-25-17/h1-9H,10H2. The number of hydrogen-bond acceptors (Lipinski definition) is 5. The third-order valence-electron chi connectivity index (χ3n) is 4.00. The van der Waals surface area contributed by atoms with E-state index in [2.05, 4.69) is 15.1 Å². The molecule has 0 spiro atoms. The molecule has 2 aromatic carbocycles. The van der Waals surface area contributed by atoms with Gasteiger partial charge in [-0.15, -0.1) is 0 Å². The van der Waals surface area contributed by atoms with Crippen molar-refractivity contribution in [2.75, 3.05) is 0 Å². The molecule has 4 rings (SSSR count). The predicted octanol–water partition coefficient (Wildman–Crippen LogP) is 5.02. The van der Waals surface area contributed by atoms with E-state index >= 15 is 0 Å². The van der Waals surface area contributed by atoms with Crippen LogP contribution in [-0.4, -0.2) is 15.1 Å². The first kappa shape index (κ1) is 17.9. The van der Waals surface area contributed by atoms with E-state index in [1.165, 1.54) is 6.07 Å². The van der Waals surface area contributed by atoms with Crippen LogP contribution in [-0.2, 0) is 12.8 Å². The van der Waals surface area contributed by atoms with Crippen molar-refractivity contribution in [3.05, 3.63) is 72.1 Å². The zero-order valence-electron chi connectivity index (χ0n) is 14.1. The van der Waals surface area contributed by atoms with Crippen LogP contribution >= 0.6 is 0 Å². The Morgan fingerprint density at radius 2 is 1.79 bits per heavy atom. The first-order valence-corrected chi connectivity index (χ1v) is 8.07. The van der Waals surface area contributed by atoms with Gasteiger partial charge in [0, 0.05) is 18.0 Å². The smallest absolute Gasteiger partial charge is 0.416 e. The highest BCUT2D eigenvalue weighted by Crippen LogP contribution is 2.35. The fourth-order valence-electron chi connectivity index (χ4n) is 2.65. The number of benzene rings is 2. The number of fused-ring (bicyclic) bond motifs is 1. The third-order valence-corrected chi connectivity index (χ3v) is 4.00. The van der Waals surface area contributed by atoms with Gasteiger partial charge in [-0.05, 0) is 41.1 Å². The van der Waals surface area contributed by atoms with Crippen molar-refractivity contribution in [2.24, 2.45) is 0 Å². The minimum atomic E-state index is -4.61. The summed E-state index contributed by atoms with van der Waals surface area (Å²) in [4.78, 5) is 8.05. The van der Waals surface area contributed by atoms with E-state index in [1.54, 1.807) is 30.6 Å². The molecule has 0 radical (unpaired) electrons. The van der Waals surface area contributed by atoms with E-state index < -0.39 is 17.6 Å². The van der Waals surface area contributed by atoms with Crippen LogP contribution < -0.4 is 4.74 Å². The SMILES string of the molecule is Fc1cc(C(F)(F)F)ccc1-c1ccc2onc(OCc3ncccn3)c2c1. The zero-order chi connectivity index (χ0) is 19.7. The zero-order valence-corrected chi connectivity index (χ0v) is 14.1. The van der Waals surface area contributed by atoms with Gasteiger partial charge in [-0.3, -0.25) is 0 Å². The summed E-state index contributed by atoms with van der Waals surface area (Å²) in [5.74, 6) is -0.397. The molecule has 0 aliphatic carbocycles. The maximum Gasteiger partial charge on any atom is 0.416 e. The van der Waals surface area contributed by atoms with E-state index in [4.69, 9.17) is 9.26 Å². The van der Waals surface area contributed by atoms with Crippen LogP contribution in [0.4, 0.5) is 17.6 Å². The van der Waals surface area contributed by atoms with Gasteiger partial charge >= 0.3 is 6.18 Å². The fourth-order valence-corrected chi connectivity index (χ4v) is 2.65. The van der Waals surface area contributed by atoms with Crippen LogP contribution in [0.2, 0.25) is 0 Å². The highest BCUT2D eigenvalue weighted by Gasteiger charge is 2.31. The average Bonchev–Trinajstić information content (AvgIpc) is 3.08. The quantitative estimate of drug-likeness (QED) is 0.459. The Kier molecular flexibility index (Phi) is 4.42. The van der Waals surface area contributed by atoms with Crippen LogP contribution in [0.25, 0.3) is 22.1 Å². The molecule has 0 saturated heterocycles. The van der Waals surface area contributed by atoms with Gasteiger partial charge in [0.15, 0.2) is 11.4 Å². The molecule has 0 aliphatic rings. The molecule has 28 heavy (non-hydrogen) atoms. The van der Waals surface area contributed by atoms with Gasteiger partial charge in [0.1, 0.15) is 12.4 Å². The summed E-state index contributed by atoms with van der Waals surface area (Å²) in [5, 5.41) is 4.27. The van der Waals surface area contributed by atoms with Crippen molar-refractivity contribution in [1.29, 1.82) is 0 Å². The van der Waals surface area contributed by atoms with E-state index in [-0.39, 0.29) is 18.1 Å². The second kappa shape index (κ2) is 6.91. The van der Waals surface area contributed by atoms with E-state index in [0.29, 0.717) is 28.4 Å². The summed E-state index contributed by atoms with van der Waals surface area (Å²) >= 11 is 0. The van der Waals surface area contributed by atoms with Crippen molar-refractivity contribution in [3.63, 3.8) is 0 Å². The molecule has 0 atom stereocenters. The van der Waals surface area contributed by atoms with Crippen LogP contribution in [0.5, 0.6) is 5.88 Å². The minimum Gasteiger partial charge on any atom is -0.467 e. The fraction of sp³-hybridized carbons (Fsp3) is 0.105. The Morgan fingerprint density at radius 1 is 1.00 bits per heavy atom. The molecule has 0 N–H and O–H groups in total. The number of nitrogens with zero attached hydrogens (tertiary/aromatic N) is 3. The third kappa shape index (κ3) is 3.51. The predicted molar refractivity (Wildman–Crippen MR) is 90.8 cm³/mol. The van der Waals surface area contributed by atoms with Crippen molar-refractivity contribution in [2.45, 2.75) is 12.8 Å². The lowest BCUT2D eigenvalue weighted by molar-refractivity contribution is -0.137. The molecule has 0 fully saturated rings. The Balaban J connectivity index is 1.66. The molecular formula is C19H11F4N3O2. The first-order chi connectivity index (χ1) is 13.4. The van der Waals surface area contributed by atoms with Crippen molar-refractivity contribution >= 4 is 11.0 Å². The lowest BCUT2D eigenvalue weighted by atomic mass is 10.0. The maximum atomic E-state index is 14.3. The normalized spacial score (nSPS) is 11.7. The molecule has 5 nitrogen and oxygen atoms in total. The number of ether oxygens (including phenoxy) is 1. The van der Waals surface area contributed by atoms with Crippen LogP contribution in [0.3, 0.4) is 0 Å². The Bertz CT molecular complexity index is 1130. The summed E-state index contributed by atoms with van der Waals surface area (Å²) in [6, 6.07) is 8.67. The monoisotopic (exact) mass is 389 g/mol.